The zero-order valence-electron chi connectivity index (χ0n) is 13.1. The average molecular weight is 293 g/mol. The van der Waals surface area contributed by atoms with Crippen molar-refractivity contribution in [1.29, 1.82) is 0 Å². The Bertz CT molecular complexity index is 468. The van der Waals surface area contributed by atoms with Crippen molar-refractivity contribution >= 4 is 11.9 Å². The molecule has 0 heterocycles. The van der Waals surface area contributed by atoms with Gasteiger partial charge in [-0.25, -0.2) is 0 Å². The van der Waals surface area contributed by atoms with Gasteiger partial charge in [-0.15, -0.1) is 0 Å². The molecule has 1 rings (SSSR count). The summed E-state index contributed by atoms with van der Waals surface area (Å²) in [6.07, 6.45) is 0.995. The molecular formula is C16H23NO4. The van der Waals surface area contributed by atoms with Crippen LogP contribution >= 0.6 is 0 Å². The molecule has 0 radical (unpaired) electrons. The number of aryl methyl sites for hydroxylation is 1. The number of nitrogens with zero attached hydrogens (tertiary/aromatic N) is 1. The minimum atomic E-state index is -0.401. The normalized spacial score (nSPS) is 10.3. The fourth-order valence-corrected chi connectivity index (χ4v) is 1.95. The Morgan fingerprint density at radius 2 is 1.76 bits per heavy atom. The number of benzene rings is 1. The highest BCUT2D eigenvalue weighted by Gasteiger charge is 2.20. The van der Waals surface area contributed by atoms with E-state index in [1.54, 1.807) is 7.11 Å². The number of methoxy groups -OCH3 is 2. The second-order valence-electron chi connectivity index (χ2n) is 5.04. The standard InChI is InChI=1S/C16H23NO4/c1-12(2)17(11-16(19)21-4)15(18)10-7-13-5-8-14(20-3)9-6-13/h5-6,8-9,12H,7,10-11H2,1-4H3. The summed E-state index contributed by atoms with van der Waals surface area (Å²) in [5, 5.41) is 0. The molecule has 0 aromatic heterocycles. The molecule has 116 valence electrons. The first-order chi connectivity index (χ1) is 9.97. The predicted molar refractivity (Wildman–Crippen MR) is 80.2 cm³/mol. The highest BCUT2D eigenvalue weighted by atomic mass is 16.5. The van der Waals surface area contributed by atoms with E-state index >= 15 is 0 Å². The maximum Gasteiger partial charge on any atom is 0.325 e. The summed E-state index contributed by atoms with van der Waals surface area (Å²) >= 11 is 0. The molecule has 0 fully saturated rings. The quantitative estimate of drug-likeness (QED) is 0.722. The Hall–Kier alpha value is -2.04. The van der Waals surface area contributed by atoms with Crippen LogP contribution in [0.5, 0.6) is 5.75 Å². The zero-order valence-corrected chi connectivity index (χ0v) is 13.1. The lowest BCUT2D eigenvalue weighted by molar-refractivity contribution is -0.148. The van der Waals surface area contributed by atoms with Gasteiger partial charge in [0.05, 0.1) is 14.2 Å². The van der Waals surface area contributed by atoms with Crippen molar-refractivity contribution < 1.29 is 19.1 Å². The van der Waals surface area contributed by atoms with Crippen molar-refractivity contribution in [2.75, 3.05) is 20.8 Å². The van der Waals surface area contributed by atoms with Gasteiger partial charge in [-0.2, -0.15) is 0 Å². The smallest absolute Gasteiger partial charge is 0.325 e. The van der Waals surface area contributed by atoms with E-state index in [0.717, 1.165) is 11.3 Å². The van der Waals surface area contributed by atoms with Crippen LogP contribution in [-0.2, 0) is 20.7 Å². The van der Waals surface area contributed by atoms with E-state index in [2.05, 4.69) is 4.74 Å². The van der Waals surface area contributed by atoms with E-state index in [1.807, 2.05) is 38.1 Å². The fourth-order valence-electron chi connectivity index (χ4n) is 1.95. The number of hydrogen-bond acceptors (Lipinski definition) is 4. The Balaban J connectivity index is 2.58. The van der Waals surface area contributed by atoms with E-state index in [1.165, 1.54) is 12.0 Å². The Morgan fingerprint density at radius 1 is 1.14 bits per heavy atom. The molecule has 0 saturated heterocycles. The third-order valence-electron chi connectivity index (χ3n) is 3.26. The van der Waals surface area contributed by atoms with Gasteiger partial charge < -0.3 is 14.4 Å². The Morgan fingerprint density at radius 3 is 2.24 bits per heavy atom. The Kier molecular flexibility index (Phi) is 6.72. The van der Waals surface area contributed by atoms with Crippen LogP contribution < -0.4 is 4.74 Å². The van der Waals surface area contributed by atoms with Gasteiger partial charge in [0.15, 0.2) is 0 Å². The van der Waals surface area contributed by atoms with Gasteiger partial charge in [0.25, 0.3) is 0 Å². The first-order valence-electron chi connectivity index (χ1n) is 6.97. The lowest BCUT2D eigenvalue weighted by Crippen LogP contribution is -2.41. The molecule has 0 aliphatic carbocycles. The summed E-state index contributed by atoms with van der Waals surface area (Å²) in [7, 11) is 2.94. The molecule has 1 aromatic rings. The third kappa shape index (κ3) is 5.45. The fraction of sp³-hybridized carbons (Fsp3) is 0.500. The van der Waals surface area contributed by atoms with Gasteiger partial charge in [-0.05, 0) is 38.0 Å². The molecule has 0 spiro atoms. The summed E-state index contributed by atoms with van der Waals surface area (Å²) in [6, 6.07) is 7.58. The lowest BCUT2D eigenvalue weighted by Gasteiger charge is -2.25. The van der Waals surface area contributed by atoms with E-state index in [0.29, 0.717) is 12.8 Å². The molecule has 0 N–H and O–H groups in total. The molecule has 21 heavy (non-hydrogen) atoms. The van der Waals surface area contributed by atoms with Crippen molar-refractivity contribution in [3.05, 3.63) is 29.8 Å². The summed E-state index contributed by atoms with van der Waals surface area (Å²) in [5.41, 5.74) is 1.06. The highest BCUT2D eigenvalue weighted by Crippen LogP contribution is 2.13. The molecule has 0 aliphatic rings. The van der Waals surface area contributed by atoms with Crippen LogP contribution in [0.3, 0.4) is 0 Å². The Labute approximate surface area is 125 Å². The molecule has 0 saturated carbocycles. The minimum absolute atomic E-state index is 0.00435. The van der Waals surface area contributed by atoms with E-state index in [-0.39, 0.29) is 18.5 Å². The van der Waals surface area contributed by atoms with Gasteiger partial charge in [0.2, 0.25) is 5.91 Å². The molecule has 0 atom stereocenters. The first kappa shape index (κ1) is 17.0. The van der Waals surface area contributed by atoms with Crippen LogP contribution in [0.2, 0.25) is 0 Å². The van der Waals surface area contributed by atoms with Gasteiger partial charge in [-0.3, -0.25) is 9.59 Å². The molecule has 5 heteroatoms. The molecule has 1 amide bonds. The summed E-state index contributed by atoms with van der Waals surface area (Å²) in [6.45, 7) is 3.76. The number of carbonyl (C=O) groups excluding carboxylic acids is 2. The summed E-state index contributed by atoms with van der Waals surface area (Å²) in [4.78, 5) is 25.1. The van der Waals surface area contributed by atoms with Crippen molar-refractivity contribution in [2.24, 2.45) is 0 Å². The van der Waals surface area contributed by atoms with Crippen molar-refractivity contribution in [2.45, 2.75) is 32.7 Å². The largest absolute Gasteiger partial charge is 0.497 e. The van der Waals surface area contributed by atoms with E-state index in [4.69, 9.17) is 4.74 Å². The molecule has 1 aromatic carbocycles. The molecule has 0 aliphatic heterocycles. The topological polar surface area (TPSA) is 55.8 Å². The van der Waals surface area contributed by atoms with Gasteiger partial charge in [0, 0.05) is 12.5 Å². The maximum absolute atomic E-state index is 12.2. The molecular weight excluding hydrogens is 270 g/mol. The number of carbonyl (C=O) groups is 2. The van der Waals surface area contributed by atoms with Gasteiger partial charge in [-0.1, -0.05) is 12.1 Å². The molecule has 0 bridgehead atoms. The number of ether oxygens (including phenoxy) is 2. The van der Waals surface area contributed by atoms with Crippen LogP contribution in [0.1, 0.15) is 25.8 Å². The van der Waals surface area contributed by atoms with Crippen molar-refractivity contribution in [1.82, 2.24) is 4.90 Å². The number of hydrogen-bond donors (Lipinski definition) is 0. The third-order valence-corrected chi connectivity index (χ3v) is 3.26. The van der Waals surface area contributed by atoms with Crippen molar-refractivity contribution in [3.63, 3.8) is 0 Å². The minimum Gasteiger partial charge on any atom is -0.497 e. The number of amides is 1. The second-order valence-corrected chi connectivity index (χ2v) is 5.04. The van der Waals surface area contributed by atoms with Gasteiger partial charge in [0.1, 0.15) is 12.3 Å². The zero-order chi connectivity index (χ0) is 15.8. The summed E-state index contributed by atoms with van der Waals surface area (Å²) in [5.74, 6) is 0.340. The molecule has 5 nitrogen and oxygen atoms in total. The lowest BCUT2D eigenvalue weighted by atomic mass is 10.1. The average Bonchev–Trinajstić information content (AvgIpc) is 2.50. The maximum atomic E-state index is 12.2. The van der Waals surface area contributed by atoms with Crippen LogP contribution in [-0.4, -0.2) is 43.6 Å². The second kappa shape index (κ2) is 8.29. The van der Waals surface area contributed by atoms with Gasteiger partial charge >= 0.3 is 5.97 Å². The van der Waals surface area contributed by atoms with E-state index in [9.17, 15) is 9.59 Å². The van der Waals surface area contributed by atoms with E-state index < -0.39 is 5.97 Å². The monoisotopic (exact) mass is 293 g/mol. The van der Waals surface area contributed by atoms with Crippen LogP contribution in [0.4, 0.5) is 0 Å². The number of esters is 1. The molecule has 0 unspecified atom stereocenters. The SMILES string of the molecule is COC(=O)CN(C(=O)CCc1ccc(OC)cc1)C(C)C. The summed E-state index contributed by atoms with van der Waals surface area (Å²) < 4.78 is 9.72. The number of rotatable bonds is 7. The van der Waals surface area contributed by atoms with Crippen molar-refractivity contribution in [3.8, 4) is 5.75 Å². The van der Waals surface area contributed by atoms with Crippen LogP contribution in [0.25, 0.3) is 0 Å². The van der Waals surface area contributed by atoms with Crippen LogP contribution in [0, 0.1) is 0 Å². The first-order valence-corrected chi connectivity index (χ1v) is 6.97. The highest BCUT2D eigenvalue weighted by molar-refractivity contribution is 5.82. The predicted octanol–water partition coefficient (Wildman–Crippen LogP) is 2.04. The van der Waals surface area contributed by atoms with Crippen LogP contribution in [0.15, 0.2) is 24.3 Å².